The van der Waals surface area contributed by atoms with Crippen molar-refractivity contribution in [3.63, 3.8) is 0 Å². The third-order valence-corrected chi connectivity index (χ3v) is 2.63. The van der Waals surface area contributed by atoms with Crippen LogP contribution < -0.4 is 5.32 Å². The highest BCUT2D eigenvalue weighted by atomic mass is 79.9. The van der Waals surface area contributed by atoms with Crippen molar-refractivity contribution in [3.05, 3.63) is 40.4 Å². The second-order valence-corrected chi connectivity index (χ2v) is 3.87. The zero-order valence-electron chi connectivity index (χ0n) is 8.41. The lowest BCUT2D eigenvalue weighted by Crippen LogP contribution is -2.20. The van der Waals surface area contributed by atoms with Gasteiger partial charge in [0.05, 0.1) is 0 Å². The van der Waals surface area contributed by atoms with Gasteiger partial charge in [0.2, 0.25) is 5.91 Å². The van der Waals surface area contributed by atoms with E-state index >= 15 is 0 Å². The van der Waals surface area contributed by atoms with Crippen LogP contribution >= 0.6 is 15.9 Å². The van der Waals surface area contributed by atoms with Crippen molar-refractivity contribution >= 4 is 21.8 Å². The van der Waals surface area contributed by atoms with Crippen molar-refractivity contribution in [1.29, 1.82) is 0 Å². The molecule has 0 radical (unpaired) electrons. The first kappa shape index (κ1) is 12.7. The Labute approximate surface area is 101 Å². The van der Waals surface area contributed by atoms with Gasteiger partial charge in [-0.3, -0.25) is 4.79 Å². The van der Waals surface area contributed by atoms with Crippen LogP contribution in [0, 0.1) is 0 Å². The number of carbonyl (C=O) groups is 1. The number of nitrogens with one attached hydrogen (secondary N) is 1. The Hall–Kier alpha value is -1.36. The van der Waals surface area contributed by atoms with Crippen molar-refractivity contribution in [2.24, 2.45) is 0 Å². The lowest BCUT2D eigenvalue weighted by atomic mass is 10.2. The average Bonchev–Trinajstić information content (AvgIpc) is 2.25. The molecule has 0 aromatic heterocycles. The molecule has 0 atom stereocenters. The molecule has 5 heteroatoms. The fourth-order valence-corrected chi connectivity index (χ4v) is 1.60. The first-order chi connectivity index (χ1) is 7.65. The molecule has 0 aliphatic carbocycles. The molecule has 0 spiro atoms. The van der Waals surface area contributed by atoms with E-state index in [2.05, 4.69) is 21.2 Å². The van der Waals surface area contributed by atoms with Gasteiger partial charge in [0, 0.05) is 22.7 Å². The molecule has 16 heavy (non-hydrogen) atoms. The maximum Gasteiger partial charge on any atom is 0.244 e. The molecule has 2 N–H and O–H groups in total. The molecular weight excluding hydrogens is 277 g/mol. The summed E-state index contributed by atoms with van der Waals surface area (Å²) in [7, 11) is 0. The largest absolute Gasteiger partial charge is 0.508 e. The number of phenols is 1. The molecule has 0 heterocycles. The SMILES string of the molecule is O=C(/C=C/CF)NCc1c(O)cccc1Br. The number of rotatable bonds is 4. The van der Waals surface area contributed by atoms with Crippen molar-refractivity contribution in [1.82, 2.24) is 5.32 Å². The smallest absolute Gasteiger partial charge is 0.244 e. The van der Waals surface area contributed by atoms with Crippen LogP contribution in [0.4, 0.5) is 4.39 Å². The zero-order chi connectivity index (χ0) is 12.0. The highest BCUT2D eigenvalue weighted by molar-refractivity contribution is 9.10. The third kappa shape index (κ3) is 3.66. The Morgan fingerprint density at radius 2 is 2.31 bits per heavy atom. The fraction of sp³-hybridized carbons (Fsp3) is 0.182. The summed E-state index contributed by atoms with van der Waals surface area (Å²) in [5, 5.41) is 12.1. The van der Waals surface area contributed by atoms with Crippen LogP contribution in [-0.2, 0) is 11.3 Å². The number of halogens is 2. The summed E-state index contributed by atoms with van der Waals surface area (Å²) in [6, 6.07) is 4.98. The van der Waals surface area contributed by atoms with Crippen molar-refractivity contribution in [2.75, 3.05) is 6.67 Å². The van der Waals surface area contributed by atoms with E-state index in [1.165, 1.54) is 6.07 Å². The van der Waals surface area contributed by atoms with Gasteiger partial charge in [-0.1, -0.05) is 22.0 Å². The number of aromatic hydroxyl groups is 1. The summed E-state index contributed by atoms with van der Waals surface area (Å²) in [6.45, 7) is -0.490. The molecule has 86 valence electrons. The van der Waals surface area contributed by atoms with E-state index < -0.39 is 12.6 Å². The minimum atomic E-state index is -0.673. The van der Waals surface area contributed by atoms with E-state index in [0.29, 0.717) is 10.0 Å². The number of carbonyl (C=O) groups excluding carboxylic acids is 1. The second-order valence-electron chi connectivity index (χ2n) is 3.01. The van der Waals surface area contributed by atoms with Gasteiger partial charge in [-0.2, -0.15) is 0 Å². The average molecular weight is 288 g/mol. The lowest BCUT2D eigenvalue weighted by molar-refractivity contribution is -0.116. The maximum atomic E-state index is 11.7. The Morgan fingerprint density at radius 1 is 1.56 bits per heavy atom. The molecule has 0 unspecified atom stereocenters. The molecule has 0 aliphatic rings. The van der Waals surface area contributed by atoms with Gasteiger partial charge in [-0.15, -0.1) is 0 Å². The third-order valence-electron chi connectivity index (χ3n) is 1.89. The quantitative estimate of drug-likeness (QED) is 0.835. The summed E-state index contributed by atoms with van der Waals surface area (Å²) in [5.74, 6) is -0.294. The molecule has 0 aliphatic heterocycles. The molecule has 1 rings (SSSR count). The highest BCUT2D eigenvalue weighted by Gasteiger charge is 2.05. The van der Waals surface area contributed by atoms with E-state index in [4.69, 9.17) is 0 Å². The van der Waals surface area contributed by atoms with Crippen LogP contribution in [0.3, 0.4) is 0 Å². The first-order valence-corrected chi connectivity index (χ1v) is 5.41. The summed E-state index contributed by atoms with van der Waals surface area (Å²) in [6.07, 6.45) is 2.24. The van der Waals surface area contributed by atoms with Crippen LogP contribution in [0.5, 0.6) is 5.75 Å². The van der Waals surface area contributed by atoms with Crippen LogP contribution in [0.1, 0.15) is 5.56 Å². The minimum Gasteiger partial charge on any atom is -0.508 e. The van der Waals surface area contributed by atoms with E-state index in [1.54, 1.807) is 12.1 Å². The van der Waals surface area contributed by atoms with Crippen LogP contribution in [0.15, 0.2) is 34.8 Å². The summed E-state index contributed by atoms with van der Waals surface area (Å²) in [5.41, 5.74) is 0.587. The van der Waals surface area contributed by atoms with Crippen molar-refractivity contribution in [2.45, 2.75) is 6.54 Å². The molecule has 1 aromatic rings. The Bertz CT molecular complexity index is 387. The Morgan fingerprint density at radius 3 is 2.94 bits per heavy atom. The van der Waals surface area contributed by atoms with Gasteiger partial charge in [0.15, 0.2) is 0 Å². The monoisotopic (exact) mass is 287 g/mol. The van der Waals surface area contributed by atoms with Gasteiger partial charge in [0.1, 0.15) is 12.4 Å². The molecule has 0 saturated carbocycles. The Balaban J connectivity index is 2.61. The molecular formula is C11H11BrFNO2. The number of allylic oxidation sites excluding steroid dienone is 1. The fourth-order valence-electron chi connectivity index (χ4n) is 1.11. The normalized spacial score (nSPS) is 10.6. The summed E-state index contributed by atoms with van der Waals surface area (Å²) < 4.78 is 12.4. The predicted octanol–water partition coefficient (Wildman–Crippen LogP) is 2.30. The topological polar surface area (TPSA) is 49.3 Å². The molecule has 0 fully saturated rings. The second kappa shape index (κ2) is 6.27. The number of amides is 1. The van der Waals surface area contributed by atoms with Crippen LogP contribution in [-0.4, -0.2) is 17.7 Å². The Kier molecular flexibility index (Phi) is 4.98. The number of hydrogen-bond acceptors (Lipinski definition) is 2. The van der Waals surface area contributed by atoms with E-state index in [-0.39, 0.29) is 12.3 Å². The van der Waals surface area contributed by atoms with Crippen LogP contribution in [0.25, 0.3) is 0 Å². The summed E-state index contributed by atoms with van der Waals surface area (Å²) >= 11 is 3.26. The van der Waals surface area contributed by atoms with Gasteiger partial charge >= 0.3 is 0 Å². The summed E-state index contributed by atoms with van der Waals surface area (Å²) in [4.78, 5) is 11.1. The first-order valence-electron chi connectivity index (χ1n) is 4.62. The number of alkyl halides is 1. The zero-order valence-corrected chi connectivity index (χ0v) is 10.00. The van der Waals surface area contributed by atoms with E-state index in [1.807, 2.05) is 0 Å². The highest BCUT2D eigenvalue weighted by Crippen LogP contribution is 2.25. The van der Waals surface area contributed by atoms with Gasteiger partial charge in [-0.05, 0) is 18.2 Å². The van der Waals surface area contributed by atoms with E-state index in [0.717, 1.165) is 12.2 Å². The molecule has 1 amide bonds. The molecule has 0 bridgehead atoms. The molecule has 3 nitrogen and oxygen atoms in total. The lowest BCUT2D eigenvalue weighted by Gasteiger charge is -2.07. The van der Waals surface area contributed by atoms with Gasteiger partial charge in [0.25, 0.3) is 0 Å². The van der Waals surface area contributed by atoms with Gasteiger partial charge < -0.3 is 10.4 Å². The maximum absolute atomic E-state index is 11.7. The molecule has 1 aromatic carbocycles. The van der Waals surface area contributed by atoms with E-state index in [9.17, 15) is 14.3 Å². The standard InChI is InChI=1S/C11H11BrFNO2/c12-9-3-1-4-10(15)8(9)7-14-11(16)5-2-6-13/h1-5,15H,6-7H2,(H,14,16)/b5-2+. The van der Waals surface area contributed by atoms with Gasteiger partial charge in [-0.25, -0.2) is 4.39 Å². The van der Waals surface area contributed by atoms with Crippen molar-refractivity contribution < 1.29 is 14.3 Å². The number of benzene rings is 1. The molecule has 0 saturated heterocycles. The number of phenolic OH excluding ortho intramolecular Hbond substituents is 1. The minimum absolute atomic E-state index is 0.101. The predicted molar refractivity (Wildman–Crippen MR) is 62.8 cm³/mol. The van der Waals surface area contributed by atoms with Crippen LogP contribution in [0.2, 0.25) is 0 Å². The van der Waals surface area contributed by atoms with Crippen molar-refractivity contribution in [3.8, 4) is 5.75 Å². The number of hydrogen-bond donors (Lipinski definition) is 2.